The van der Waals surface area contributed by atoms with Gasteiger partial charge in [0.05, 0.1) is 20.1 Å². The van der Waals surface area contributed by atoms with Crippen LogP contribution in [0, 0.1) is 5.82 Å². The number of halogens is 2. The van der Waals surface area contributed by atoms with Gasteiger partial charge >= 0.3 is 5.97 Å². The molecule has 0 spiro atoms. The monoisotopic (exact) mass is 467 g/mol. The van der Waals surface area contributed by atoms with Crippen LogP contribution in [0.2, 0.25) is 5.15 Å². The molecule has 0 fully saturated rings. The Hall–Kier alpha value is -3.12. The largest absolute Gasteiger partial charge is 0.492 e. The Bertz CT molecular complexity index is 1200. The van der Waals surface area contributed by atoms with E-state index < -0.39 is 0 Å². The fourth-order valence-electron chi connectivity index (χ4n) is 4.71. The molecule has 1 aromatic heterocycles. The van der Waals surface area contributed by atoms with Crippen molar-refractivity contribution in [3.63, 3.8) is 0 Å². The number of fused-ring (bicyclic) bond motifs is 2. The molecule has 0 amide bonds. The number of nitrogens with zero attached hydrogens (tertiary/aromatic N) is 1. The average molecular weight is 468 g/mol. The molecule has 1 aliphatic heterocycles. The number of hydrogen-bond acceptors (Lipinski definition) is 5. The van der Waals surface area contributed by atoms with E-state index in [1.165, 1.54) is 13.2 Å². The minimum absolute atomic E-state index is 0.0314. The quantitative estimate of drug-likeness (QED) is 0.350. The molecule has 0 N–H and O–H groups in total. The van der Waals surface area contributed by atoms with Crippen molar-refractivity contribution in [2.75, 3.05) is 13.7 Å². The normalized spacial score (nSPS) is 18.4. The Kier molecular flexibility index (Phi) is 5.94. The molecule has 0 saturated heterocycles. The molecule has 33 heavy (non-hydrogen) atoms. The van der Waals surface area contributed by atoms with Crippen LogP contribution in [0.5, 0.6) is 11.5 Å². The van der Waals surface area contributed by atoms with Crippen LogP contribution >= 0.6 is 11.6 Å². The van der Waals surface area contributed by atoms with Crippen LogP contribution in [0.3, 0.4) is 0 Å². The summed E-state index contributed by atoms with van der Waals surface area (Å²) in [5, 5.41) is 0.450. The standard InChI is InChI=1S/C26H23ClFNO4/c1-31-25(30)11-17-14-32-23-12-18(4-5-19(17)23)33-22-8-6-20-16(3-7-21(28)26(20)22)10-15-2-9-24(27)29-13-15/h2-5,7,9,12-13,17,22H,6,8,10-11,14H2,1H3. The summed E-state index contributed by atoms with van der Waals surface area (Å²) in [6, 6.07) is 12.7. The maximum Gasteiger partial charge on any atom is 0.306 e. The van der Waals surface area contributed by atoms with Gasteiger partial charge in [0.2, 0.25) is 0 Å². The second-order valence-electron chi connectivity index (χ2n) is 8.40. The number of hydrogen-bond donors (Lipinski definition) is 0. The Balaban J connectivity index is 1.35. The second kappa shape index (κ2) is 9.02. The molecular weight excluding hydrogens is 445 g/mol. The fourth-order valence-corrected chi connectivity index (χ4v) is 4.82. The van der Waals surface area contributed by atoms with Crippen molar-refractivity contribution < 1.29 is 23.4 Å². The molecular formula is C26H23ClFNO4. The lowest BCUT2D eigenvalue weighted by atomic mass is 9.97. The predicted octanol–water partition coefficient (Wildman–Crippen LogP) is 5.57. The van der Waals surface area contributed by atoms with Gasteiger partial charge in [0.1, 0.15) is 28.6 Å². The van der Waals surface area contributed by atoms with Gasteiger partial charge in [-0.3, -0.25) is 4.79 Å². The molecule has 5 nitrogen and oxygen atoms in total. The molecule has 2 aromatic carbocycles. The number of pyridine rings is 1. The van der Waals surface area contributed by atoms with Gasteiger partial charge in [0.15, 0.2) is 0 Å². The topological polar surface area (TPSA) is 57.7 Å². The number of carbonyl (C=O) groups is 1. The van der Waals surface area contributed by atoms with Crippen molar-refractivity contribution >= 4 is 17.6 Å². The van der Waals surface area contributed by atoms with Crippen LogP contribution in [0.1, 0.15) is 52.7 Å². The lowest BCUT2D eigenvalue weighted by Crippen LogP contribution is -2.09. The van der Waals surface area contributed by atoms with E-state index in [0.29, 0.717) is 41.7 Å². The molecule has 0 radical (unpaired) electrons. The van der Waals surface area contributed by atoms with Crippen molar-refractivity contribution in [2.24, 2.45) is 0 Å². The Morgan fingerprint density at radius 2 is 2.12 bits per heavy atom. The second-order valence-corrected chi connectivity index (χ2v) is 8.78. The SMILES string of the molecule is COC(=O)CC1COc2cc(OC3CCc4c(Cc5ccc(Cl)nc5)ccc(F)c43)ccc21. The third-order valence-corrected chi connectivity index (χ3v) is 6.57. The zero-order chi connectivity index (χ0) is 22.9. The van der Waals surface area contributed by atoms with Crippen LogP contribution in [-0.4, -0.2) is 24.7 Å². The van der Waals surface area contributed by atoms with Crippen LogP contribution in [0.15, 0.2) is 48.7 Å². The van der Waals surface area contributed by atoms with E-state index in [2.05, 4.69) is 4.98 Å². The van der Waals surface area contributed by atoms with Crippen LogP contribution in [-0.2, 0) is 22.4 Å². The van der Waals surface area contributed by atoms with Crippen LogP contribution in [0.25, 0.3) is 0 Å². The number of esters is 1. The molecule has 3 aromatic rings. The molecule has 2 atom stereocenters. The highest BCUT2D eigenvalue weighted by atomic mass is 35.5. The third-order valence-electron chi connectivity index (χ3n) is 6.35. The third kappa shape index (κ3) is 4.40. The Labute approximate surface area is 196 Å². The van der Waals surface area contributed by atoms with Gasteiger partial charge in [-0.2, -0.15) is 0 Å². The van der Waals surface area contributed by atoms with E-state index in [1.54, 1.807) is 12.3 Å². The molecule has 1 aliphatic carbocycles. The maximum absolute atomic E-state index is 14.9. The van der Waals surface area contributed by atoms with Crippen LogP contribution in [0.4, 0.5) is 4.39 Å². The first-order valence-electron chi connectivity index (χ1n) is 10.9. The van der Waals surface area contributed by atoms with Gasteiger partial charge in [0, 0.05) is 29.3 Å². The number of benzene rings is 2. The van der Waals surface area contributed by atoms with E-state index >= 15 is 0 Å². The number of carbonyl (C=O) groups excluding carboxylic acids is 1. The first kappa shape index (κ1) is 21.7. The number of ether oxygens (including phenoxy) is 3. The first-order valence-corrected chi connectivity index (χ1v) is 11.3. The van der Waals surface area contributed by atoms with Crippen molar-refractivity contribution in [3.8, 4) is 11.5 Å². The summed E-state index contributed by atoms with van der Waals surface area (Å²) in [6.07, 6.45) is 3.76. The highest BCUT2D eigenvalue weighted by molar-refractivity contribution is 6.29. The number of methoxy groups -OCH3 is 1. The zero-order valence-electron chi connectivity index (χ0n) is 18.1. The molecule has 7 heteroatoms. The molecule has 5 rings (SSSR count). The van der Waals surface area contributed by atoms with E-state index in [1.807, 2.05) is 30.3 Å². The summed E-state index contributed by atoms with van der Waals surface area (Å²) < 4.78 is 31.6. The summed E-state index contributed by atoms with van der Waals surface area (Å²) >= 11 is 5.89. The average Bonchev–Trinajstić information content (AvgIpc) is 3.42. The fraction of sp³-hybridized carbons (Fsp3) is 0.308. The summed E-state index contributed by atoms with van der Waals surface area (Å²) in [6.45, 7) is 0.428. The summed E-state index contributed by atoms with van der Waals surface area (Å²) in [4.78, 5) is 15.8. The molecule has 170 valence electrons. The van der Waals surface area contributed by atoms with E-state index in [4.69, 9.17) is 25.8 Å². The summed E-state index contributed by atoms with van der Waals surface area (Å²) in [5.74, 6) is 0.776. The van der Waals surface area contributed by atoms with Gasteiger partial charge in [-0.25, -0.2) is 9.37 Å². The van der Waals surface area contributed by atoms with E-state index in [9.17, 15) is 9.18 Å². The van der Waals surface area contributed by atoms with Crippen molar-refractivity contribution in [1.82, 2.24) is 4.98 Å². The summed E-state index contributed by atoms with van der Waals surface area (Å²) in [5.41, 5.74) is 4.69. The van der Waals surface area contributed by atoms with Gasteiger partial charge in [-0.15, -0.1) is 0 Å². The highest BCUT2D eigenvalue weighted by Gasteiger charge is 2.31. The van der Waals surface area contributed by atoms with Crippen molar-refractivity contribution in [2.45, 2.75) is 37.7 Å². The first-order chi connectivity index (χ1) is 16.0. The lowest BCUT2D eigenvalue weighted by Gasteiger charge is -2.17. The van der Waals surface area contributed by atoms with Gasteiger partial charge in [-0.1, -0.05) is 29.8 Å². The van der Waals surface area contributed by atoms with Crippen LogP contribution < -0.4 is 9.47 Å². The minimum atomic E-state index is -0.367. The number of rotatable bonds is 6. The van der Waals surface area contributed by atoms with E-state index in [0.717, 1.165) is 28.7 Å². The van der Waals surface area contributed by atoms with Crippen molar-refractivity contribution in [3.05, 3.63) is 87.4 Å². The van der Waals surface area contributed by atoms with Gasteiger partial charge in [0.25, 0.3) is 0 Å². The molecule has 2 unspecified atom stereocenters. The molecule has 0 saturated carbocycles. The predicted molar refractivity (Wildman–Crippen MR) is 121 cm³/mol. The van der Waals surface area contributed by atoms with Gasteiger partial charge < -0.3 is 14.2 Å². The minimum Gasteiger partial charge on any atom is -0.492 e. The number of aromatic nitrogens is 1. The lowest BCUT2D eigenvalue weighted by molar-refractivity contribution is -0.141. The molecule has 2 aliphatic rings. The highest BCUT2D eigenvalue weighted by Crippen LogP contribution is 2.42. The zero-order valence-corrected chi connectivity index (χ0v) is 18.9. The van der Waals surface area contributed by atoms with Crippen molar-refractivity contribution in [1.29, 1.82) is 0 Å². The van der Waals surface area contributed by atoms with E-state index in [-0.39, 0.29) is 30.2 Å². The smallest absolute Gasteiger partial charge is 0.306 e. The molecule has 2 heterocycles. The summed E-state index contributed by atoms with van der Waals surface area (Å²) in [7, 11) is 1.38. The van der Waals surface area contributed by atoms with Gasteiger partial charge in [-0.05, 0) is 54.2 Å². The molecule has 0 bridgehead atoms. The Morgan fingerprint density at radius 3 is 2.91 bits per heavy atom. The Morgan fingerprint density at radius 1 is 1.24 bits per heavy atom. The maximum atomic E-state index is 14.9.